The maximum Gasteiger partial charge on any atom is 0.260 e. The molecule has 2 aromatic carbocycles. The standard InChI is InChI=1S/C28H29FN4O5S/c1-19-14-32(18-30-19)24-8-3-20(12-25(24)37-2)11-21-13-27(9-10-39(35,36)17-27)15-33-26(21)31-38-28(33,16-34)22-4-6-23(29)7-5-22/h3-8,11-12,14,18,34H,9-10,13,15-17H2,1-2H3. The van der Waals surface area contributed by atoms with E-state index in [0.717, 1.165) is 22.5 Å². The second-order valence-electron chi connectivity index (χ2n) is 10.6. The zero-order chi connectivity index (χ0) is 27.4. The van der Waals surface area contributed by atoms with E-state index >= 15 is 0 Å². The second kappa shape index (κ2) is 9.20. The number of hydrogen-bond donors (Lipinski definition) is 1. The molecule has 6 rings (SSSR count). The fraction of sp³-hybridized carbons (Fsp3) is 0.357. The van der Waals surface area contributed by atoms with Gasteiger partial charge >= 0.3 is 0 Å². The number of oxime groups is 1. The van der Waals surface area contributed by atoms with Gasteiger partial charge in [0.25, 0.3) is 5.72 Å². The highest BCUT2D eigenvalue weighted by Crippen LogP contribution is 2.49. The first kappa shape index (κ1) is 25.6. The predicted molar refractivity (Wildman–Crippen MR) is 144 cm³/mol. The Morgan fingerprint density at radius 1 is 1.23 bits per heavy atom. The Hall–Kier alpha value is -3.70. The topological polar surface area (TPSA) is 106 Å². The molecule has 2 saturated heterocycles. The summed E-state index contributed by atoms with van der Waals surface area (Å²) in [6, 6.07) is 11.5. The molecule has 1 N–H and O–H groups in total. The number of aryl methyl sites for hydroxylation is 1. The number of fused-ring (bicyclic) bond motifs is 1. The highest BCUT2D eigenvalue weighted by atomic mass is 32.2. The normalized spacial score (nSPS) is 26.5. The van der Waals surface area contributed by atoms with Crippen molar-refractivity contribution in [3.05, 3.63) is 83.2 Å². The van der Waals surface area contributed by atoms with Crippen LogP contribution in [0, 0.1) is 18.2 Å². The van der Waals surface area contributed by atoms with Gasteiger partial charge in [-0.05, 0) is 73.4 Å². The highest BCUT2D eigenvalue weighted by Gasteiger charge is 2.56. The smallest absolute Gasteiger partial charge is 0.260 e. The van der Waals surface area contributed by atoms with Crippen LogP contribution in [0.15, 0.2) is 65.7 Å². The Bertz CT molecular complexity index is 1600. The molecule has 3 aromatic rings. The maximum absolute atomic E-state index is 13.7. The number of methoxy groups -OCH3 is 1. The van der Waals surface area contributed by atoms with Gasteiger partial charge in [0.05, 0.1) is 36.3 Å². The summed E-state index contributed by atoms with van der Waals surface area (Å²) >= 11 is 0. The summed E-state index contributed by atoms with van der Waals surface area (Å²) in [4.78, 5) is 12.1. The Morgan fingerprint density at radius 3 is 2.67 bits per heavy atom. The minimum atomic E-state index is -3.21. The Balaban J connectivity index is 1.43. The van der Waals surface area contributed by atoms with Crippen LogP contribution in [0.1, 0.15) is 29.7 Å². The molecular formula is C28H29FN4O5S. The number of nitrogens with zero attached hydrogens (tertiary/aromatic N) is 4. The summed E-state index contributed by atoms with van der Waals surface area (Å²) in [5, 5.41) is 15.0. The summed E-state index contributed by atoms with van der Waals surface area (Å²) < 4.78 is 46.6. The third kappa shape index (κ3) is 4.39. The van der Waals surface area contributed by atoms with Crippen LogP contribution < -0.4 is 4.74 Å². The first-order chi connectivity index (χ1) is 18.7. The molecule has 0 radical (unpaired) electrons. The van der Waals surface area contributed by atoms with Crippen molar-refractivity contribution in [3.63, 3.8) is 0 Å². The number of ether oxygens (including phenoxy) is 1. The molecule has 0 aliphatic carbocycles. The molecule has 11 heteroatoms. The van der Waals surface area contributed by atoms with Gasteiger partial charge in [0.15, 0.2) is 15.7 Å². The zero-order valence-electron chi connectivity index (χ0n) is 21.7. The average Bonchev–Trinajstić information content (AvgIpc) is 3.60. The molecule has 3 aliphatic heterocycles. The van der Waals surface area contributed by atoms with Crippen molar-refractivity contribution >= 4 is 21.7 Å². The lowest BCUT2D eigenvalue weighted by molar-refractivity contribution is -0.144. The van der Waals surface area contributed by atoms with Gasteiger partial charge in [-0.1, -0.05) is 11.2 Å². The molecular weight excluding hydrogens is 523 g/mol. The Labute approximate surface area is 226 Å². The molecule has 2 unspecified atom stereocenters. The number of halogens is 1. The summed E-state index contributed by atoms with van der Waals surface area (Å²) in [5.74, 6) is 0.905. The molecule has 1 aromatic heterocycles. The van der Waals surface area contributed by atoms with Crippen molar-refractivity contribution in [3.8, 4) is 11.4 Å². The van der Waals surface area contributed by atoms with Gasteiger partial charge < -0.3 is 24.1 Å². The number of sulfone groups is 1. The quantitative estimate of drug-likeness (QED) is 0.517. The SMILES string of the molecule is COc1cc(C=C2CC3(CCS(=O)(=O)C3)CN3C2=NOC3(CO)c2ccc(F)cc2)ccc1-n1cnc(C)c1. The van der Waals surface area contributed by atoms with Gasteiger partial charge in [0.1, 0.15) is 18.2 Å². The van der Waals surface area contributed by atoms with Gasteiger partial charge in [-0.25, -0.2) is 17.8 Å². The molecule has 39 heavy (non-hydrogen) atoms. The van der Waals surface area contributed by atoms with Gasteiger partial charge in [0, 0.05) is 23.7 Å². The van der Waals surface area contributed by atoms with Crippen LogP contribution in [0.4, 0.5) is 4.39 Å². The first-order valence-corrected chi connectivity index (χ1v) is 14.5. The van der Waals surface area contributed by atoms with Crippen molar-refractivity contribution < 1.29 is 27.5 Å². The fourth-order valence-corrected chi connectivity index (χ4v) is 8.09. The van der Waals surface area contributed by atoms with Gasteiger partial charge in [0.2, 0.25) is 0 Å². The van der Waals surface area contributed by atoms with E-state index < -0.39 is 33.4 Å². The van der Waals surface area contributed by atoms with Crippen molar-refractivity contribution in [2.75, 3.05) is 31.8 Å². The lowest BCUT2D eigenvalue weighted by atomic mass is 9.75. The number of imidazole rings is 1. The fourth-order valence-electron chi connectivity index (χ4n) is 5.94. The largest absolute Gasteiger partial charge is 0.495 e. The molecule has 2 fully saturated rings. The second-order valence-corrected chi connectivity index (χ2v) is 12.8. The van der Waals surface area contributed by atoms with Crippen LogP contribution >= 0.6 is 0 Å². The molecule has 0 bridgehead atoms. The lowest BCUT2D eigenvalue weighted by Gasteiger charge is -2.45. The van der Waals surface area contributed by atoms with Gasteiger partial charge in [-0.2, -0.15) is 0 Å². The molecule has 204 valence electrons. The Morgan fingerprint density at radius 2 is 2.03 bits per heavy atom. The van der Waals surface area contributed by atoms with E-state index in [9.17, 15) is 17.9 Å². The van der Waals surface area contributed by atoms with Crippen molar-refractivity contribution in [1.29, 1.82) is 0 Å². The molecule has 1 spiro atoms. The Kier molecular flexibility index (Phi) is 6.03. The average molecular weight is 553 g/mol. The van der Waals surface area contributed by atoms with Crippen LogP contribution in [0.3, 0.4) is 0 Å². The van der Waals surface area contributed by atoms with E-state index in [1.807, 2.05) is 46.9 Å². The molecule has 3 aliphatic rings. The minimum absolute atomic E-state index is 0.0360. The number of hydrogen-bond acceptors (Lipinski definition) is 8. The molecule has 9 nitrogen and oxygen atoms in total. The lowest BCUT2D eigenvalue weighted by Crippen LogP contribution is -2.56. The first-order valence-electron chi connectivity index (χ1n) is 12.7. The summed E-state index contributed by atoms with van der Waals surface area (Å²) in [5.41, 5.74) is 1.93. The van der Waals surface area contributed by atoms with Crippen LogP contribution in [-0.2, 0) is 20.4 Å². The van der Waals surface area contributed by atoms with E-state index in [4.69, 9.17) is 9.57 Å². The van der Waals surface area contributed by atoms with Crippen LogP contribution in [-0.4, -0.2) is 65.6 Å². The predicted octanol–water partition coefficient (Wildman–Crippen LogP) is 3.41. The number of aliphatic hydroxyl groups is 1. The third-order valence-electron chi connectivity index (χ3n) is 7.83. The molecule has 0 saturated carbocycles. The monoisotopic (exact) mass is 552 g/mol. The van der Waals surface area contributed by atoms with Crippen molar-refractivity contribution in [2.45, 2.75) is 25.5 Å². The molecule has 2 atom stereocenters. The number of aromatic nitrogens is 2. The van der Waals surface area contributed by atoms with E-state index in [2.05, 4.69) is 10.1 Å². The summed E-state index contributed by atoms with van der Waals surface area (Å²) in [6.45, 7) is 1.80. The van der Waals surface area contributed by atoms with Gasteiger partial charge in [-0.3, -0.25) is 0 Å². The summed E-state index contributed by atoms with van der Waals surface area (Å²) in [7, 11) is -1.61. The number of amidine groups is 1. The van der Waals surface area contributed by atoms with Crippen molar-refractivity contribution in [1.82, 2.24) is 14.5 Å². The number of benzene rings is 2. The zero-order valence-corrected chi connectivity index (χ0v) is 22.5. The van der Waals surface area contributed by atoms with Crippen LogP contribution in [0.25, 0.3) is 11.8 Å². The maximum atomic E-state index is 13.7. The molecule has 4 heterocycles. The number of aliphatic hydroxyl groups excluding tert-OH is 1. The minimum Gasteiger partial charge on any atom is -0.495 e. The van der Waals surface area contributed by atoms with E-state index in [1.54, 1.807) is 25.6 Å². The number of piperidine rings is 1. The van der Waals surface area contributed by atoms with Crippen molar-refractivity contribution in [2.24, 2.45) is 10.6 Å². The third-order valence-corrected chi connectivity index (χ3v) is 9.71. The van der Waals surface area contributed by atoms with E-state index in [-0.39, 0.29) is 11.5 Å². The van der Waals surface area contributed by atoms with E-state index in [0.29, 0.717) is 36.5 Å². The summed E-state index contributed by atoms with van der Waals surface area (Å²) in [6.07, 6.45) is 6.58. The number of rotatable bonds is 5. The van der Waals surface area contributed by atoms with Crippen LogP contribution in [0.5, 0.6) is 5.75 Å². The van der Waals surface area contributed by atoms with E-state index in [1.165, 1.54) is 12.1 Å². The van der Waals surface area contributed by atoms with Gasteiger partial charge in [-0.15, -0.1) is 0 Å². The van der Waals surface area contributed by atoms with Crippen LogP contribution in [0.2, 0.25) is 0 Å². The highest BCUT2D eigenvalue weighted by molar-refractivity contribution is 7.91. The molecule has 0 amide bonds.